The van der Waals surface area contributed by atoms with Gasteiger partial charge in [0.1, 0.15) is 21.0 Å². The van der Waals surface area contributed by atoms with Crippen LogP contribution in [0.5, 0.6) is 5.75 Å². The zero-order valence-corrected chi connectivity index (χ0v) is 25.1. The molecular weight excluding hydrogens is 546 g/mol. The van der Waals surface area contributed by atoms with Gasteiger partial charge in [0.25, 0.3) is 5.56 Å². The fourth-order valence-corrected chi connectivity index (χ4v) is 7.00. The summed E-state index contributed by atoms with van der Waals surface area (Å²) in [5.74, 6) is -0.621. The summed E-state index contributed by atoms with van der Waals surface area (Å²) in [7, 11) is 1.60. The maximum Gasteiger partial charge on any atom is 0.348 e. The lowest BCUT2D eigenvalue weighted by molar-refractivity contribution is -0.125. The van der Waals surface area contributed by atoms with Crippen LogP contribution < -0.4 is 21.7 Å². The Labute approximate surface area is 242 Å². The largest absolute Gasteiger partial charge is 0.496 e. The Morgan fingerprint density at radius 1 is 1.17 bits per heavy atom. The topological polar surface area (TPSA) is 143 Å². The number of aromatic nitrogens is 2. The summed E-state index contributed by atoms with van der Waals surface area (Å²) >= 11 is 1.04. The van der Waals surface area contributed by atoms with Gasteiger partial charge in [0.2, 0.25) is 5.91 Å². The number of aliphatic hydroxyl groups is 1. The van der Waals surface area contributed by atoms with Gasteiger partial charge in [-0.1, -0.05) is 18.2 Å². The van der Waals surface area contributed by atoms with Gasteiger partial charge in [-0.2, -0.15) is 0 Å². The molecule has 41 heavy (non-hydrogen) atoms. The predicted molar refractivity (Wildman–Crippen MR) is 158 cm³/mol. The molecule has 11 heteroatoms. The van der Waals surface area contributed by atoms with Crippen LogP contribution in [0.4, 0.5) is 0 Å². The van der Waals surface area contributed by atoms with Crippen molar-refractivity contribution < 1.29 is 24.2 Å². The van der Waals surface area contributed by atoms with Crippen molar-refractivity contribution in [2.75, 3.05) is 13.7 Å². The fraction of sp³-hybridized carbons (Fsp3) is 0.533. The van der Waals surface area contributed by atoms with Crippen molar-refractivity contribution >= 4 is 33.4 Å². The van der Waals surface area contributed by atoms with Crippen molar-refractivity contribution in [2.24, 2.45) is 11.7 Å². The van der Waals surface area contributed by atoms with E-state index in [1.807, 2.05) is 24.3 Å². The van der Waals surface area contributed by atoms with E-state index >= 15 is 0 Å². The summed E-state index contributed by atoms with van der Waals surface area (Å²) in [5, 5.41) is 10.3. The van der Waals surface area contributed by atoms with Crippen LogP contribution >= 0.6 is 11.3 Å². The van der Waals surface area contributed by atoms with Gasteiger partial charge in [-0.05, 0) is 82.9 Å². The lowest BCUT2D eigenvalue weighted by atomic mass is 9.79. The van der Waals surface area contributed by atoms with Gasteiger partial charge >= 0.3 is 11.7 Å². The number of aryl methyl sites for hydroxylation is 1. The second kappa shape index (κ2) is 12.2. The Morgan fingerprint density at radius 2 is 1.83 bits per heavy atom. The molecule has 1 saturated carbocycles. The Bertz CT molecular complexity index is 1560. The van der Waals surface area contributed by atoms with Crippen molar-refractivity contribution in [1.82, 2.24) is 9.13 Å². The summed E-state index contributed by atoms with van der Waals surface area (Å²) < 4.78 is 13.3. The zero-order valence-electron chi connectivity index (χ0n) is 24.3. The third-order valence-electron chi connectivity index (χ3n) is 8.25. The van der Waals surface area contributed by atoms with Crippen molar-refractivity contribution in [2.45, 2.75) is 83.9 Å². The van der Waals surface area contributed by atoms with E-state index in [0.29, 0.717) is 28.5 Å². The SMILES string of the molecule is CCOC(=O)c1sc2c(c1C)c(=O)n(C(C)(C)C(N)=O)c(=O)n2C[C@H](C[C@H]1CC[C@H](O)CC1)c1ccccc1OC. The Balaban J connectivity index is 1.97. The van der Waals surface area contributed by atoms with E-state index in [-0.39, 0.29) is 35.4 Å². The van der Waals surface area contributed by atoms with Crippen molar-refractivity contribution in [3.8, 4) is 5.75 Å². The fourth-order valence-electron chi connectivity index (χ4n) is 5.81. The molecule has 3 aromatic rings. The average molecular weight is 586 g/mol. The van der Waals surface area contributed by atoms with E-state index in [9.17, 15) is 24.3 Å². The minimum absolute atomic E-state index is 0.157. The molecule has 3 N–H and O–H groups in total. The van der Waals surface area contributed by atoms with Gasteiger partial charge in [-0.15, -0.1) is 11.3 Å². The number of ether oxygens (including phenoxy) is 2. The molecule has 222 valence electrons. The molecule has 0 saturated heterocycles. The molecule has 10 nitrogen and oxygen atoms in total. The molecule has 1 atom stereocenters. The van der Waals surface area contributed by atoms with Crippen molar-refractivity contribution in [3.63, 3.8) is 0 Å². The molecule has 1 aliphatic carbocycles. The summed E-state index contributed by atoms with van der Waals surface area (Å²) in [4.78, 5) is 53.9. The van der Waals surface area contributed by atoms with Crippen LogP contribution in [0.2, 0.25) is 0 Å². The minimum atomic E-state index is -1.62. The van der Waals surface area contributed by atoms with E-state index < -0.39 is 28.7 Å². The van der Waals surface area contributed by atoms with Crippen LogP contribution in [-0.2, 0) is 21.6 Å². The number of primary amides is 1. The molecular formula is C30H39N3O7S. The van der Waals surface area contributed by atoms with Crippen LogP contribution in [0.25, 0.3) is 10.2 Å². The average Bonchev–Trinajstić information content (AvgIpc) is 3.28. The van der Waals surface area contributed by atoms with E-state index in [1.165, 1.54) is 18.4 Å². The smallest absolute Gasteiger partial charge is 0.348 e. The first kappa shape index (κ1) is 30.5. The summed E-state index contributed by atoms with van der Waals surface area (Å²) in [6, 6.07) is 7.64. The highest BCUT2D eigenvalue weighted by molar-refractivity contribution is 7.20. The second-order valence-corrected chi connectivity index (χ2v) is 12.3. The monoisotopic (exact) mass is 585 g/mol. The number of nitrogens with zero attached hydrogens (tertiary/aromatic N) is 2. The maximum absolute atomic E-state index is 14.2. The zero-order chi connectivity index (χ0) is 30.1. The van der Waals surface area contributed by atoms with Crippen molar-refractivity contribution in [3.05, 3.63) is 61.1 Å². The first-order chi connectivity index (χ1) is 19.4. The molecule has 0 aliphatic heterocycles. The number of esters is 1. The number of thiophene rings is 1. The number of hydrogen-bond acceptors (Lipinski definition) is 8. The lowest BCUT2D eigenvalue weighted by Crippen LogP contribution is -2.54. The van der Waals surface area contributed by atoms with Crippen LogP contribution in [0.3, 0.4) is 0 Å². The number of methoxy groups -OCH3 is 1. The summed E-state index contributed by atoms with van der Waals surface area (Å²) in [5.41, 5.74) is 4.00. The van der Waals surface area contributed by atoms with E-state index in [4.69, 9.17) is 15.2 Å². The standard InChI is InChI=1S/C30H39N3O7S/c1-6-40-27(36)24-17(2)23-25(35)33(30(3,4)28(31)37)29(38)32(26(23)41-24)16-19(15-18-11-13-20(34)14-12-18)21-9-7-8-10-22(21)39-5/h7-10,18-20,34H,6,11-16H2,1-5H3,(H2,31,37)/t18-,19-,20-/m0/s1. The molecule has 1 aliphatic rings. The van der Waals surface area contributed by atoms with Gasteiger partial charge in [-0.25, -0.2) is 14.2 Å². The molecule has 2 aromatic heterocycles. The Hall–Kier alpha value is -3.44. The lowest BCUT2D eigenvalue weighted by Gasteiger charge is -2.30. The minimum Gasteiger partial charge on any atom is -0.496 e. The van der Waals surface area contributed by atoms with E-state index in [2.05, 4.69) is 0 Å². The van der Waals surface area contributed by atoms with Gasteiger partial charge in [0, 0.05) is 12.5 Å². The summed E-state index contributed by atoms with van der Waals surface area (Å²) in [6.07, 6.45) is 3.57. The molecule has 2 heterocycles. The van der Waals surface area contributed by atoms with E-state index in [1.54, 1.807) is 21.0 Å². The van der Waals surface area contributed by atoms with Crippen LogP contribution in [0.1, 0.15) is 79.6 Å². The molecule has 4 rings (SSSR count). The first-order valence-corrected chi connectivity index (χ1v) is 14.8. The number of para-hydroxylation sites is 1. The molecule has 1 aromatic carbocycles. The van der Waals surface area contributed by atoms with Crippen LogP contribution in [0, 0.1) is 12.8 Å². The van der Waals surface area contributed by atoms with Gasteiger partial charge in [-0.3, -0.25) is 14.2 Å². The molecule has 1 fully saturated rings. The number of fused-ring (bicyclic) bond motifs is 1. The number of amides is 1. The van der Waals surface area contributed by atoms with Crippen LogP contribution in [-0.4, -0.2) is 45.9 Å². The van der Waals surface area contributed by atoms with Crippen LogP contribution in [0.15, 0.2) is 33.9 Å². The maximum atomic E-state index is 14.2. The number of nitrogens with two attached hydrogens (primary N) is 1. The predicted octanol–water partition coefficient (Wildman–Crippen LogP) is 3.66. The third-order valence-corrected chi connectivity index (χ3v) is 9.55. The number of benzene rings is 1. The third kappa shape index (κ3) is 5.83. The van der Waals surface area contributed by atoms with Gasteiger partial charge in [0.05, 0.1) is 25.2 Å². The van der Waals surface area contributed by atoms with Crippen molar-refractivity contribution in [1.29, 1.82) is 0 Å². The molecule has 0 spiro atoms. The van der Waals surface area contributed by atoms with Gasteiger partial charge in [0.15, 0.2) is 0 Å². The summed E-state index contributed by atoms with van der Waals surface area (Å²) in [6.45, 7) is 6.55. The van der Waals surface area contributed by atoms with E-state index in [0.717, 1.165) is 47.2 Å². The molecule has 1 amide bonds. The number of aliphatic hydroxyl groups excluding tert-OH is 1. The van der Waals surface area contributed by atoms with Gasteiger partial charge < -0.3 is 20.3 Å². The molecule has 0 bridgehead atoms. The second-order valence-electron chi connectivity index (χ2n) is 11.3. The highest BCUT2D eigenvalue weighted by Gasteiger charge is 2.35. The number of hydrogen-bond donors (Lipinski definition) is 2. The quantitative estimate of drug-likeness (QED) is 0.346. The number of carbonyl (C=O) groups excluding carboxylic acids is 2. The number of carbonyl (C=O) groups is 2. The Kier molecular flexibility index (Phi) is 9.08. The molecule has 0 radical (unpaired) electrons. The normalized spacial score (nSPS) is 18.3. The first-order valence-electron chi connectivity index (χ1n) is 14.0. The molecule has 0 unspecified atom stereocenters. The Morgan fingerprint density at radius 3 is 2.44 bits per heavy atom. The highest BCUT2D eigenvalue weighted by atomic mass is 32.1. The highest BCUT2D eigenvalue weighted by Crippen LogP contribution is 2.38. The number of rotatable bonds is 10.